The first kappa shape index (κ1) is 16.6. The third kappa shape index (κ3) is 2.48. The van der Waals surface area contributed by atoms with Crippen LogP contribution in [-0.4, -0.2) is 0 Å². The summed E-state index contributed by atoms with van der Waals surface area (Å²) >= 11 is 6.75. The molecule has 2 heteroatoms. The number of ether oxygens (including phenoxy) is 1. The highest BCUT2D eigenvalue weighted by atomic mass is 35.5. The van der Waals surface area contributed by atoms with E-state index < -0.39 is 0 Å². The second-order valence-electron chi connectivity index (χ2n) is 7.45. The van der Waals surface area contributed by atoms with E-state index in [2.05, 4.69) is 84.9 Å². The Morgan fingerprint density at radius 3 is 1.66 bits per heavy atom. The van der Waals surface area contributed by atoms with Crippen molar-refractivity contribution in [3.05, 3.63) is 119 Å². The predicted molar refractivity (Wildman–Crippen MR) is 120 cm³/mol. The number of fused-ring (bicyclic) bond motifs is 6. The molecule has 0 fully saturated rings. The molecule has 0 bridgehead atoms. The zero-order valence-corrected chi connectivity index (χ0v) is 16.4. The maximum Gasteiger partial charge on any atom is 0.132 e. The fraction of sp³-hybridized carbons (Fsp3) is 0.0370. The lowest BCUT2D eigenvalue weighted by Gasteiger charge is -2.31. The van der Waals surface area contributed by atoms with Gasteiger partial charge in [0, 0.05) is 22.1 Å². The number of halogens is 1. The van der Waals surface area contributed by atoms with Crippen LogP contribution < -0.4 is 4.74 Å². The van der Waals surface area contributed by atoms with Gasteiger partial charge in [0.05, 0.1) is 0 Å². The molecule has 6 rings (SSSR count). The molecule has 1 heterocycles. The molecule has 5 aromatic carbocycles. The van der Waals surface area contributed by atoms with Crippen molar-refractivity contribution in [3.63, 3.8) is 0 Å². The standard InChI is InChI=1S/C27H17ClO/c28-22-12-6-5-11-21(22)27-25-19-9-3-1-7-17(19)13-15-23(25)29-24-16-14-18-8-2-4-10-20(18)26(24)27/h1-16,27H. The van der Waals surface area contributed by atoms with Crippen molar-refractivity contribution in [2.24, 2.45) is 0 Å². The van der Waals surface area contributed by atoms with Crippen molar-refractivity contribution in [1.29, 1.82) is 0 Å². The van der Waals surface area contributed by atoms with Crippen LogP contribution in [0.1, 0.15) is 22.6 Å². The summed E-state index contributed by atoms with van der Waals surface area (Å²) in [6.45, 7) is 0. The molecule has 0 spiro atoms. The maximum absolute atomic E-state index is 6.75. The molecule has 0 unspecified atom stereocenters. The lowest BCUT2D eigenvalue weighted by Crippen LogP contribution is -2.13. The topological polar surface area (TPSA) is 9.23 Å². The van der Waals surface area contributed by atoms with Crippen molar-refractivity contribution in [3.8, 4) is 11.5 Å². The fourth-order valence-corrected chi connectivity index (χ4v) is 4.85. The SMILES string of the molecule is Clc1ccccc1C1c2c(ccc3ccccc23)Oc2ccc3ccccc3c21. The molecule has 0 N–H and O–H groups in total. The average molecular weight is 393 g/mol. The molecular weight excluding hydrogens is 376 g/mol. The van der Waals surface area contributed by atoms with E-state index in [1.165, 1.54) is 32.7 Å². The predicted octanol–water partition coefficient (Wildman–Crippen LogP) is 7.93. The third-order valence-electron chi connectivity index (χ3n) is 5.87. The highest BCUT2D eigenvalue weighted by Crippen LogP contribution is 2.53. The van der Waals surface area contributed by atoms with Crippen molar-refractivity contribution in [2.45, 2.75) is 5.92 Å². The highest BCUT2D eigenvalue weighted by Gasteiger charge is 2.33. The van der Waals surface area contributed by atoms with Gasteiger partial charge >= 0.3 is 0 Å². The summed E-state index contributed by atoms with van der Waals surface area (Å²) in [5.41, 5.74) is 3.47. The molecule has 0 aliphatic carbocycles. The summed E-state index contributed by atoms with van der Waals surface area (Å²) in [4.78, 5) is 0. The Morgan fingerprint density at radius 2 is 1.07 bits per heavy atom. The first-order chi connectivity index (χ1) is 14.3. The van der Waals surface area contributed by atoms with Crippen molar-refractivity contribution < 1.29 is 4.74 Å². The van der Waals surface area contributed by atoms with E-state index in [9.17, 15) is 0 Å². The average Bonchev–Trinajstić information content (AvgIpc) is 2.78. The molecule has 5 aromatic rings. The zero-order valence-electron chi connectivity index (χ0n) is 15.6. The van der Waals surface area contributed by atoms with Crippen molar-refractivity contribution in [2.75, 3.05) is 0 Å². The van der Waals surface area contributed by atoms with Gasteiger partial charge in [-0.05, 0) is 45.3 Å². The smallest absolute Gasteiger partial charge is 0.132 e. The highest BCUT2D eigenvalue weighted by molar-refractivity contribution is 6.31. The Morgan fingerprint density at radius 1 is 0.552 bits per heavy atom. The van der Waals surface area contributed by atoms with Gasteiger partial charge in [0.2, 0.25) is 0 Å². The summed E-state index contributed by atoms with van der Waals surface area (Å²) in [5.74, 6) is 1.80. The van der Waals surface area contributed by atoms with Gasteiger partial charge < -0.3 is 4.74 Å². The van der Waals surface area contributed by atoms with Crippen LogP contribution in [0.2, 0.25) is 5.02 Å². The Labute approximate surface area is 174 Å². The largest absolute Gasteiger partial charge is 0.457 e. The van der Waals surface area contributed by atoms with Gasteiger partial charge in [-0.25, -0.2) is 0 Å². The molecule has 0 atom stereocenters. The minimum atomic E-state index is -0.000324. The minimum Gasteiger partial charge on any atom is -0.457 e. The second kappa shape index (κ2) is 6.37. The van der Waals surface area contributed by atoms with Crippen LogP contribution >= 0.6 is 11.6 Å². The minimum absolute atomic E-state index is 0.000324. The summed E-state index contributed by atoms with van der Waals surface area (Å²) < 4.78 is 6.44. The van der Waals surface area contributed by atoms with Gasteiger partial charge in [0.1, 0.15) is 11.5 Å². The lowest BCUT2D eigenvalue weighted by atomic mass is 9.78. The second-order valence-corrected chi connectivity index (χ2v) is 7.86. The molecule has 0 aromatic heterocycles. The number of rotatable bonds is 1. The van der Waals surface area contributed by atoms with Gasteiger partial charge in [-0.2, -0.15) is 0 Å². The van der Waals surface area contributed by atoms with E-state index in [4.69, 9.17) is 16.3 Å². The van der Waals surface area contributed by atoms with Crippen molar-refractivity contribution >= 4 is 33.1 Å². The van der Waals surface area contributed by atoms with Crippen LogP contribution in [0.3, 0.4) is 0 Å². The molecule has 1 aliphatic heterocycles. The zero-order chi connectivity index (χ0) is 19.4. The van der Waals surface area contributed by atoms with Crippen LogP contribution in [0.4, 0.5) is 0 Å². The molecule has 29 heavy (non-hydrogen) atoms. The molecule has 0 radical (unpaired) electrons. The maximum atomic E-state index is 6.75. The molecule has 0 saturated heterocycles. The molecule has 0 saturated carbocycles. The van der Waals surface area contributed by atoms with Crippen LogP contribution in [0.25, 0.3) is 21.5 Å². The lowest BCUT2D eigenvalue weighted by molar-refractivity contribution is 0.456. The van der Waals surface area contributed by atoms with Gasteiger partial charge in [-0.3, -0.25) is 0 Å². The van der Waals surface area contributed by atoms with Crippen LogP contribution in [0, 0.1) is 0 Å². The molecular formula is C27H17ClO. The molecule has 138 valence electrons. The summed E-state index contributed by atoms with van der Waals surface area (Å²) in [7, 11) is 0. The van der Waals surface area contributed by atoms with Gasteiger partial charge in [0.25, 0.3) is 0 Å². The van der Waals surface area contributed by atoms with Crippen LogP contribution in [-0.2, 0) is 0 Å². The summed E-state index contributed by atoms with van der Waals surface area (Å²) in [5, 5.41) is 5.59. The van der Waals surface area contributed by atoms with E-state index in [0.29, 0.717) is 0 Å². The monoisotopic (exact) mass is 392 g/mol. The van der Waals surface area contributed by atoms with E-state index in [-0.39, 0.29) is 5.92 Å². The van der Waals surface area contributed by atoms with E-state index in [1.807, 2.05) is 12.1 Å². The summed E-state index contributed by atoms with van der Waals surface area (Å²) in [6, 6.07) is 33.6. The number of hydrogen-bond donors (Lipinski definition) is 0. The Bertz CT molecular complexity index is 1320. The fourth-order valence-electron chi connectivity index (χ4n) is 4.61. The van der Waals surface area contributed by atoms with Gasteiger partial charge in [0.15, 0.2) is 0 Å². The Balaban J connectivity index is 1.78. The van der Waals surface area contributed by atoms with Crippen molar-refractivity contribution in [1.82, 2.24) is 0 Å². The Kier molecular flexibility index (Phi) is 3.65. The van der Waals surface area contributed by atoms with Crippen LogP contribution in [0.15, 0.2) is 97.1 Å². The molecule has 1 aliphatic rings. The van der Waals surface area contributed by atoms with Gasteiger partial charge in [-0.1, -0.05) is 90.5 Å². The first-order valence-electron chi connectivity index (χ1n) is 9.77. The van der Waals surface area contributed by atoms with E-state index in [0.717, 1.165) is 22.1 Å². The van der Waals surface area contributed by atoms with Crippen LogP contribution in [0.5, 0.6) is 11.5 Å². The first-order valence-corrected chi connectivity index (χ1v) is 10.1. The summed E-state index contributed by atoms with van der Waals surface area (Å²) in [6.07, 6.45) is 0. The van der Waals surface area contributed by atoms with Gasteiger partial charge in [-0.15, -0.1) is 0 Å². The number of benzene rings is 5. The molecule has 0 amide bonds. The van der Waals surface area contributed by atoms with E-state index >= 15 is 0 Å². The number of hydrogen-bond acceptors (Lipinski definition) is 1. The molecule has 1 nitrogen and oxygen atoms in total. The quantitative estimate of drug-likeness (QED) is 0.276. The Hall–Kier alpha value is -3.29. The van der Waals surface area contributed by atoms with E-state index in [1.54, 1.807) is 0 Å². The normalized spacial score (nSPS) is 13.1. The third-order valence-corrected chi connectivity index (χ3v) is 6.22.